The number of methoxy groups -OCH3 is 1. The fraction of sp³-hybridized carbons (Fsp3) is 0.750. The molecule has 0 aliphatic carbocycles. The van der Waals surface area contributed by atoms with Crippen LogP contribution in [-0.2, 0) is 10.3 Å². The Bertz CT molecular complexity index is 253. The van der Waals surface area contributed by atoms with Crippen LogP contribution in [0.2, 0.25) is 0 Å². The van der Waals surface area contributed by atoms with Gasteiger partial charge in [0.15, 0.2) is 5.82 Å². The lowest BCUT2D eigenvalue weighted by atomic mass is 10.0. The normalized spacial score (nSPS) is 16.0. The zero-order valence-electron chi connectivity index (χ0n) is 8.01. The van der Waals surface area contributed by atoms with E-state index in [0.29, 0.717) is 0 Å². The molecule has 1 atom stereocenters. The molecule has 4 heteroatoms. The average molecular weight is 169 g/mol. The molecule has 1 unspecified atom stereocenters. The highest BCUT2D eigenvalue weighted by molar-refractivity contribution is 4.99. The predicted octanol–water partition coefficient (Wildman–Crippen LogP) is 1.38. The molecule has 1 heterocycles. The van der Waals surface area contributed by atoms with Gasteiger partial charge < -0.3 is 4.74 Å². The Kier molecular flexibility index (Phi) is 2.47. The van der Waals surface area contributed by atoms with Crippen LogP contribution < -0.4 is 0 Å². The van der Waals surface area contributed by atoms with E-state index in [9.17, 15) is 0 Å². The van der Waals surface area contributed by atoms with Crippen LogP contribution in [-0.4, -0.2) is 22.3 Å². The van der Waals surface area contributed by atoms with Gasteiger partial charge in [-0.2, -0.15) is 5.10 Å². The highest BCUT2D eigenvalue weighted by Gasteiger charge is 2.28. The Balaban J connectivity index is 2.94. The smallest absolute Gasteiger partial charge is 0.182 e. The summed E-state index contributed by atoms with van der Waals surface area (Å²) < 4.78 is 5.34. The lowest BCUT2D eigenvalue weighted by Gasteiger charge is -2.22. The molecule has 0 radical (unpaired) electrons. The van der Waals surface area contributed by atoms with Gasteiger partial charge in [-0.3, -0.25) is 5.10 Å². The van der Waals surface area contributed by atoms with E-state index in [2.05, 4.69) is 22.1 Å². The van der Waals surface area contributed by atoms with Gasteiger partial charge in [-0.05, 0) is 20.3 Å². The van der Waals surface area contributed by atoms with Crippen LogP contribution in [0.5, 0.6) is 0 Å². The summed E-state index contributed by atoms with van der Waals surface area (Å²) in [5.74, 6) is 1.55. The third-order valence-electron chi connectivity index (χ3n) is 2.20. The van der Waals surface area contributed by atoms with Crippen molar-refractivity contribution in [1.29, 1.82) is 0 Å². The Morgan fingerprint density at radius 3 is 2.58 bits per heavy atom. The Morgan fingerprint density at radius 2 is 2.25 bits per heavy atom. The summed E-state index contributed by atoms with van der Waals surface area (Å²) in [5.41, 5.74) is -0.356. The molecule has 1 N–H and O–H groups in total. The summed E-state index contributed by atoms with van der Waals surface area (Å²) in [6.07, 6.45) is 0.862. The van der Waals surface area contributed by atoms with Crippen LogP contribution >= 0.6 is 0 Å². The van der Waals surface area contributed by atoms with Gasteiger partial charge in [0.2, 0.25) is 0 Å². The lowest BCUT2D eigenvalue weighted by Crippen LogP contribution is -2.24. The van der Waals surface area contributed by atoms with Gasteiger partial charge in [0.25, 0.3) is 0 Å². The second-order valence-electron chi connectivity index (χ2n) is 3.03. The average Bonchev–Trinajstić information content (AvgIpc) is 2.51. The number of ether oxygens (including phenoxy) is 1. The van der Waals surface area contributed by atoms with E-state index in [0.717, 1.165) is 18.1 Å². The minimum atomic E-state index is -0.356. The molecule has 0 saturated carbocycles. The van der Waals surface area contributed by atoms with Crippen LogP contribution in [0, 0.1) is 6.92 Å². The SMILES string of the molecule is CCC(C)(OC)c1n[nH]c(C)n1. The maximum absolute atomic E-state index is 5.34. The monoisotopic (exact) mass is 169 g/mol. The molecule has 0 aliphatic rings. The third kappa shape index (κ3) is 1.48. The molecule has 68 valence electrons. The number of rotatable bonds is 3. The van der Waals surface area contributed by atoms with Gasteiger partial charge in [-0.25, -0.2) is 4.98 Å². The molecule has 0 fully saturated rings. The van der Waals surface area contributed by atoms with Crippen LogP contribution in [0.25, 0.3) is 0 Å². The standard InChI is InChI=1S/C8H15N3O/c1-5-8(3,12-4)7-9-6(2)10-11-7/h5H2,1-4H3,(H,9,10,11). The van der Waals surface area contributed by atoms with Gasteiger partial charge in [0.05, 0.1) is 0 Å². The summed E-state index contributed by atoms with van der Waals surface area (Å²) >= 11 is 0. The summed E-state index contributed by atoms with van der Waals surface area (Å²) in [5, 5.41) is 6.87. The number of H-pyrrole nitrogens is 1. The zero-order chi connectivity index (χ0) is 9.19. The van der Waals surface area contributed by atoms with Gasteiger partial charge in [-0.15, -0.1) is 0 Å². The van der Waals surface area contributed by atoms with E-state index < -0.39 is 0 Å². The number of hydrogen-bond donors (Lipinski definition) is 1. The number of hydrogen-bond acceptors (Lipinski definition) is 3. The molecule has 1 aromatic rings. The van der Waals surface area contributed by atoms with Gasteiger partial charge >= 0.3 is 0 Å². The van der Waals surface area contributed by atoms with E-state index in [1.807, 2.05) is 13.8 Å². The van der Waals surface area contributed by atoms with Crippen molar-refractivity contribution in [3.05, 3.63) is 11.6 Å². The van der Waals surface area contributed by atoms with Gasteiger partial charge in [-0.1, -0.05) is 6.92 Å². The second kappa shape index (κ2) is 3.23. The molecule has 4 nitrogen and oxygen atoms in total. The minimum Gasteiger partial charge on any atom is -0.370 e. The topological polar surface area (TPSA) is 50.8 Å². The third-order valence-corrected chi connectivity index (χ3v) is 2.20. The molecule has 1 aromatic heterocycles. The largest absolute Gasteiger partial charge is 0.370 e. The number of aryl methyl sites for hydroxylation is 1. The van der Waals surface area contributed by atoms with E-state index in [-0.39, 0.29) is 5.60 Å². The van der Waals surface area contributed by atoms with Gasteiger partial charge in [0.1, 0.15) is 11.4 Å². The first-order chi connectivity index (χ1) is 5.62. The Hall–Kier alpha value is -0.900. The molecule has 0 bridgehead atoms. The zero-order valence-corrected chi connectivity index (χ0v) is 8.01. The van der Waals surface area contributed by atoms with E-state index in [1.54, 1.807) is 7.11 Å². The molecule has 0 saturated heterocycles. The molecule has 0 aliphatic heterocycles. The van der Waals surface area contributed by atoms with Crippen LogP contribution in [0.15, 0.2) is 0 Å². The highest BCUT2D eigenvalue weighted by atomic mass is 16.5. The van der Waals surface area contributed by atoms with Crippen molar-refractivity contribution < 1.29 is 4.74 Å². The van der Waals surface area contributed by atoms with Crippen molar-refractivity contribution in [2.75, 3.05) is 7.11 Å². The van der Waals surface area contributed by atoms with Crippen LogP contribution in [0.4, 0.5) is 0 Å². The first-order valence-electron chi connectivity index (χ1n) is 4.07. The number of nitrogens with zero attached hydrogens (tertiary/aromatic N) is 2. The quantitative estimate of drug-likeness (QED) is 0.743. The van der Waals surface area contributed by atoms with E-state index in [4.69, 9.17) is 4.74 Å². The molecule has 12 heavy (non-hydrogen) atoms. The maximum atomic E-state index is 5.34. The maximum Gasteiger partial charge on any atom is 0.182 e. The Labute approximate surface area is 72.4 Å². The molecular formula is C8H15N3O. The lowest BCUT2D eigenvalue weighted by molar-refractivity contribution is -0.00871. The molecule has 1 rings (SSSR count). The molecule has 0 aromatic carbocycles. The van der Waals surface area contributed by atoms with Crippen molar-refractivity contribution in [2.45, 2.75) is 32.8 Å². The first-order valence-corrected chi connectivity index (χ1v) is 4.07. The predicted molar refractivity (Wildman–Crippen MR) is 45.8 cm³/mol. The van der Waals surface area contributed by atoms with Crippen molar-refractivity contribution in [1.82, 2.24) is 15.2 Å². The first kappa shape index (κ1) is 9.19. The van der Waals surface area contributed by atoms with Crippen molar-refractivity contribution in [3.8, 4) is 0 Å². The number of nitrogens with one attached hydrogen (secondary N) is 1. The highest BCUT2D eigenvalue weighted by Crippen LogP contribution is 2.24. The van der Waals surface area contributed by atoms with Crippen molar-refractivity contribution in [3.63, 3.8) is 0 Å². The molecule has 0 spiro atoms. The van der Waals surface area contributed by atoms with Crippen LogP contribution in [0.1, 0.15) is 31.9 Å². The van der Waals surface area contributed by atoms with Crippen molar-refractivity contribution >= 4 is 0 Å². The summed E-state index contributed by atoms with van der Waals surface area (Å²) in [7, 11) is 1.68. The Morgan fingerprint density at radius 1 is 1.58 bits per heavy atom. The molecule has 0 amide bonds. The fourth-order valence-electron chi connectivity index (χ4n) is 0.973. The number of aromatic amines is 1. The molecular weight excluding hydrogens is 154 g/mol. The fourth-order valence-corrected chi connectivity index (χ4v) is 0.973. The second-order valence-corrected chi connectivity index (χ2v) is 3.03. The minimum absolute atomic E-state index is 0.356. The van der Waals surface area contributed by atoms with Crippen molar-refractivity contribution in [2.24, 2.45) is 0 Å². The van der Waals surface area contributed by atoms with Crippen LogP contribution in [0.3, 0.4) is 0 Å². The van der Waals surface area contributed by atoms with Gasteiger partial charge in [0, 0.05) is 7.11 Å². The van der Waals surface area contributed by atoms with E-state index in [1.165, 1.54) is 0 Å². The number of aromatic nitrogens is 3. The summed E-state index contributed by atoms with van der Waals surface area (Å²) in [4.78, 5) is 4.23. The summed E-state index contributed by atoms with van der Waals surface area (Å²) in [6, 6.07) is 0. The summed E-state index contributed by atoms with van der Waals surface area (Å²) in [6.45, 7) is 5.91. The van der Waals surface area contributed by atoms with E-state index >= 15 is 0 Å².